The van der Waals surface area contributed by atoms with Crippen molar-refractivity contribution >= 4 is 17.5 Å². The van der Waals surface area contributed by atoms with E-state index in [0.717, 1.165) is 36.5 Å². The second kappa shape index (κ2) is 6.40. The number of nitrogens with zero attached hydrogens (tertiary/aromatic N) is 1. The molecule has 0 radical (unpaired) electrons. The second-order valence-electron chi connectivity index (χ2n) is 5.17. The van der Waals surface area contributed by atoms with Crippen LogP contribution in [0.1, 0.15) is 31.4 Å². The molecule has 0 aromatic heterocycles. The maximum atomic E-state index is 12.5. The lowest BCUT2D eigenvalue weighted by atomic mass is 9.95. The molecule has 1 aliphatic rings. The van der Waals surface area contributed by atoms with Crippen molar-refractivity contribution in [3.8, 4) is 0 Å². The lowest BCUT2D eigenvalue weighted by molar-refractivity contribution is -0.137. The Hall–Kier alpha value is -1.06. The molecule has 1 aromatic carbocycles. The first-order valence-corrected chi connectivity index (χ1v) is 7.21. The molecule has 1 fully saturated rings. The van der Waals surface area contributed by atoms with E-state index in [0.29, 0.717) is 0 Å². The zero-order valence-electron chi connectivity index (χ0n) is 11.5. The van der Waals surface area contributed by atoms with Crippen molar-refractivity contribution < 1.29 is 4.79 Å². The summed E-state index contributed by atoms with van der Waals surface area (Å²) < 4.78 is 0. The topological polar surface area (TPSA) is 32.3 Å². The third-order valence-corrected chi connectivity index (χ3v) is 4.32. The van der Waals surface area contributed by atoms with Crippen LogP contribution in [-0.2, 0) is 4.79 Å². The van der Waals surface area contributed by atoms with Gasteiger partial charge in [0.15, 0.2) is 0 Å². The molecule has 104 valence electrons. The summed E-state index contributed by atoms with van der Waals surface area (Å²) in [5.74, 6) is 0.380. The van der Waals surface area contributed by atoms with Gasteiger partial charge in [-0.2, -0.15) is 0 Å². The van der Waals surface area contributed by atoms with Crippen LogP contribution in [0.2, 0.25) is 5.02 Å². The van der Waals surface area contributed by atoms with E-state index in [4.69, 9.17) is 11.6 Å². The van der Waals surface area contributed by atoms with Crippen LogP contribution in [0.3, 0.4) is 0 Å². The molecule has 1 aliphatic heterocycles. The third-order valence-electron chi connectivity index (χ3n) is 3.97. The Bertz CT molecular complexity index is 444. The van der Waals surface area contributed by atoms with E-state index in [-0.39, 0.29) is 17.9 Å². The fraction of sp³-hybridized carbons (Fsp3) is 0.533. The van der Waals surface area contributed by atoms with E-state index in [1.807, 2.05) is 43.1 Å². The molecule has 0 spiro atoms. The highest BCUT2D eigenvalue weighted by Crippen LogP contribution is 2.28. The molecule has 3 nitrogen and oxygen atoms in total. The molecule has 0 bridgehead atoms. The summed E-state index contributed by atoms with van der Waals surface area (Å²) in [4.78, 5) is 14.3. The van der Waals surface area contributed by atoms with Crippen LogP contribution < -0.4 is 5.32 Å². The van der Waals surface area contributed by atoms with Crippen molar-refractivity contribution in [3.63, 3.8) is 0 Å². The van der Waals surface area contributed by atoms with E-state index in [9.17, 15) is 4.79 Å². The Kier molecular flexibility index (Phi) is 4.83. The third kappa shape index (κ3) is 3.28. The normalized spacial score (nSPS) is 18.1. The van der Waals surface area contributed by atoms with Crippen molar-refractivity contribution in [2.75, 3.05) is 20.1 Å². The quantitative estimate of drug-likeness (QED) is 0.923. The number of rotatable bonds is 3. The minimum atomic E-state index is 0.0103. The minimum absolute atomic E-state index is 0.0103. The smallest absolute Gasteiger partial charge is 0.226 e. The maximum absolute atomic E-state index is 12.5. The molecule has 1 saturated heterocycles. The summed E-state index contributed by atoms with van der Waals surface area (Å²) in [6, 6.07) is 7.74. The predicted octanol–water partition coefficient (Wildman–Crippen LogP) is 2.86. The molecule has 0 saturated carbocycles. The van der Waals surface area contributed by atoms with Gasteiger partial charge in [0.1, 0.15) is 0 Å². The molecule has 2 rings (SSSR count). The first-order chi connectivity index (χ1) is 9.11. The van der Waals surface area contributed by atoms with Crippen LogP contribution in [0.25, 0.3) is 0 Å². The van der Waals surface area contributed by atoms with Gasteiger partial charge in [0.25, 0.3) is 0 Å². The van der Waals surface area contributed by atoms with E-state index in [2.05, 4.69) is 5.32 Å². The highest BCUT2D eigenvalue weighted by atomic mass is 35.5. The number of hydrogen-bond donors (Lipinski definition) is 1. The first kappa shape index (κ1) is 14.4. The highest BCUT2D eigenvalue weighted by molar-refractivity contribution is 6.31. The Morgan fingerprint density at radius 3 is 2.63 bits per heavy atom. The van der Waals surface area contributed by atoms with Gasteiger partial charge in [-0.25, -0.2) is 0 Å². The Labute approximate surface area is 119 Å². The fourth-order valence-electron chi connectivity index (χ4n) is 2.57. The van der Waals surface area contributed by atoms with Gasteiger partial charge >= 0.3 is 0 Å². The van der Waals surface area contributed by atoms with E-state index in [1.54, 1.807) is 0 Å². The lowest BCUT2D eigenvalue weighted by Gasteiger charge is -2.31. The molecule has 1 heterocycles. The fourth-order valence-corrected chi connectivity index (χ4v) is 2.86. The average Bonchev–Trinajstić information content (AvgIpc) is 2.46. The SMILES string of the molecule is C[C@@H](c1ccccc1Cl)N(C)C(=O)C1CCNCC1. The standard InChI is InChI=1S/C15H21ClN2O/c1-11(13-5-3-4-6-14(13)16)18(2)15(19)12-7-9-17-10-8-12/h3-6,11-12,17H,7-10H2,1-2H3/t11-/m0/s1. The largest absolute Gasteiger partial charge is 0.339 e. The van der Waals surface area contributed by atoms with Crippen LogP contribution in [0, 0.1) is 5.92 Å². The van der Waals surface area contributed by atoms with Crippen molar-refractivity contribution in [1.82, 2.24) is 10.2 Å². The summed E-state index contributed by atoms with van der Waals surface area (Å²) in [7, 11) is 1.87. The first-order valence-electron chi connectivity index (χ1n) is 6.83. The number of benzene rings is 1. The average molecular weight is 281 g/mol. The second-order valence-corrected chi connectivity index (χ2v) is 5.58. The van der Waals surface area contributed by atoms with E-state index in [1.165, 1.54) is 0 Å². The van der Waals surface area contributed by atoms with Crippen molar-refractivity contribution in [2.24, 2.45) is 5.92 Å². The van der Waals surface area contributed by atoms with Crippen LogP contribution in [0.5, 0.6) is 0 Å². The van der Waals surface area contributed by atoms with Gasteiger partial charge in [-0.1, -0.05) is 29.8 Å². The van der Waals surface area contributed by atoms with Crippen molar-refractivity contribution in [1.29, 1.82) is 0 Å². The number of hydrogen-bond acceptors (Lipinski definition) is 2. The number of carbonyl (C=O) groups is 1. The summed E-state index contributed by atoms with van der Waals surface area (Å²) in [5.41, 5.74) is 1.01. The molecule has 1 aromatic rings. The monoisotopic (exact) mass is 280 g/mol. The number of carbonyl (C=O) groups excluding carboxylic acids is 1. The number of amides is 1. The molecule has 0 unspecified atom stereocenters. The van der Waals surface area contributed by atoms with Crippen LogP contribution in [0.4, 0.5) is 0 Å². The molecule has 1 N–H and O–H groups in total. The van der Waals surface area contributed by atoms with Gasteiger partial charge in [0.2, 0.25) is 5.91 Å². The molecular formula is C15H21ClN2O. The summed E-state index contributed by atoms with van der Waals surface area (Å²) in [5, 5.41) is 4.01. The summed E-state index contributed by atoms with van der Waals surface area (Å²) >= 11 is 6.21. The predicted molar refractivity (Wildman–Crippen MR) is 78.2 cm³/mol. The molecular weight excluding hydrogens is 260 g/mol. The number of halogens is 1. The summed E-state index contributed by atoms with van der Waals surface area (Å²) in [6.07, 6.45) is 1.86. The van der Waals surface area contributed by atoms with Gasteiger partial charge in [-0.15, -0.1) is 0 Å². The van der Waals surface area contributed by atoms with Gasteiger partial charge in [-0.3, -0.25) is 4.79 Å². The Morgan fingerprint density at radius 2 is 2.00 bits per heavy atom. The zero-order valence-corrected chi connectivity index (χ0v) is 12.3. The molecule has 4 heteroatoms. The van der Waals surface area contributed by atoms with Gasteiger partial charge in [0, 0.05) is 18.0 Å². The molecule has 1 amide bonds. The van der Waals surface area contributed by atoms with Crippen molar-refractivity contribution in [3.05, 3.63) is 34.9 Å². The minimum Gasteiger partial charge on any atom is -0.339 e. The van der Waals surface area contributed by atoms with Gasteiger partial charge < -0.3 is 10.2 Å². The Morgan fingerprint density at radius 1 is 1.37 bits per heavy atom. The van der Waals surface area contributed by atoms with Gasteiger partial charge in [0.05, 0.1) is 6.04 Å². The molecule has 0 aliphatic carbocycles. The molecule has 19 heavy (non-hydrogen) atoms. The Balaban J connectivity index is 2.08. The van der Waals surface area contributed by atoms with Crippen LogP contribution >= 0.6 is 11.6 Å². The van der Waals surface area contributed by atoms with Gasteiger partial charge in [-0.05, 0) is 44.5 Å². The van der Waals surface area contributed by atoms with Crippen LogP contribution in [-0.4, -0.2) is 30.9 Å². The summed E-state index contributed by atoms with van der Waals surface area (Å²) in [6.45, 7) is 3.90. The zero-order chi connectivity index (χ0) is 13.8. The van der Waals surface area contributed by atoms with Crippen molar-refractivity contribution in [2.45, 2.75) is 25.8 Å². The van der Waals surface area contributed by atoms with E-state index >= 15 is 0 Å². The highest BCUT2D eigenvalue weighted by Gasteiger charge is 2.27. The lowest BCUT2D eigenvalue weighted by Crippen LogP contribution is -2.40. The van der Waals surface area contributed by atoms with E-state index < -0.39 is 0 Å². The molecule has 1 atom stereocenters. The van der Waals surface area contributed by atoms with Crippen LogP contribution in [0.15, 0.2) is 24.3 Å². The number of piperidine rings is 1. The number of nitrogens with one attached hydrogen (secondary N) is 1. The maximum Gasteiger partial charge on any atom is 0.226 e.